The van der Waals surface area contributed by atoms with E-state index in [9.17, 15) is 0 Å². The van der Waals surface area contributed by atoms with Crippen molar-refractivity contribution < 1.29 is 0 Å². The lowest BCUT2D eigenvalue weighted by molar-refractivity contribution is 1.07. The molecule has 3 rings (SSSR count). The highest BCUT2D eigenvalue weighted by Crippen LogP contribution is 2.37. The van der Waals surface area contributed by atoms with Crippen LogP contribution in [-0.2, 0) is 0 Å². The normalized spacial score (nSPS) is 11.3. The number of thiophene rings is 1. The summed E-state index contributed by atoms with van der Waals surface area (Å²) in [6.45, 7) is 0. The van der Waals surface area contributed by atoms with Crippen molar-refractivity contribution in [2.75, 3.05) is 19.0 Å². The Morgan fingerprint density at radius 3 is 2.80 bits per heavy atom. The molecule has 0 amide bonds. The van der Waals surface area contributed by atoms with Crippen LogP contribution in [0.15, 0.2) is 11.8 Å². The molecule has 0 spiro atoms. The summed E-state index contributed by atoms with van der Waals surface area (Å²) < 4.78 is 2.29. The van der Waals surface area contributed by atoms with E-state index in [4.69, 9.17) is 0 Å². The number of fused-ring (bicyclic) bond motifs is 3. The molecule has 0 fully saturated rings. The Morgan fingerprint density at radius 1 is 1.13 bits per heavy atom. The van der Waals surface area contributed by atoms with E-state index in [1.54, 1.807) is 29.0 Å². The average Bonchev–Trinajstić information content (AvgIpc) is 2.75. The maximum absolute atomic E-state index is 4.33. The maximum atomic E-state index is 4.33. The van der Waals surface area contributed by atoms with Crippen LogP contribution in [0.4, 0.5) is 5.82 Å². The fourth-order valence-electron chi connectivity index (χ4n) is 1.50. The van der Waals surface area contributed by atoms with Gasteiger partial charge < -0.3 is 4.90 Å². The minimum Gasteiger partial charge on any atom is -0.361 e. The first-order valence-electron chi connectivity index (χ1n) is 4.41. The lowest BCUT2D eigenvalue weighted by Crippen LogP contribution is -2.10. The van der Waals surface area contributed by atoms with Crippen LogP contribution in [-0.4, -0.2) is 29.0 Å². The summed E-state index contributed by atoms with van der Waals surface area (Å²) in [5, 5.41) is 0. The zero-order valence-corrected chi connectivity index (χ0v) is 9.89. The maximum Gasteiger partial charge on any atom is 0.149 e. The Balaban J connectivity index is 2.48. The molecule has 6 heteroatoms. The second kappa shape index (κ2) is 3.11. The van der Waals surface area contributed by atoms with E-state index in [2.05, 4.69) is 15.0 Å². The van der Waals surface area contributed by atoms with E-state index in [1.807, 2.05) is 24.5 Å². The summed E-state index contributed by atoms with van der Waals surface area (Å²) >= 11 is 3.29. The molecule has 0 aliphatic carbocycles. The van der Waals surface area contributed by atoms with Gasteiger partial charge in [-0.2, -0.15) is 0 Å². The molecule has 0 saturated heterocycles. The van der Waals surface area contributed by atoms with Gasteiger partial charge in [0, 0.05) is 14.1 Å². The minimum atomic E-state index is 0.968. The Labute approximate surface area is 94.2 Å². The fraction of sp³-hybridized carbons (Fsp3) is 0.222. The van der Waals surface area contributed by atoms with Gasteiger partial charge in [0.25, 0.3) is 0 Å². The topological polar surface area (TPSA) is 41.9 Å². The van der Waals surface area contributed by atoms with Gasteiger partial charge in [0.1, 0.15) is 22.5 Å². The quantitative estimate of drug-likeness (QED) is 0.650. The van der Waals surface area contributed by atoms with Gasteiger partial charge in [0.2, 0.25) is 0 Å². The lowest BCUT2D eigenvalue weighted by Gasteiger charge is -2.10. The van der Waals surface area contributed by atoms with Crippen molar-refractivity contribution in [3.05, 3.63) is 11.8 Å². The van der Waals surface area contributed by atoms with E-state index in [0.717, 1.165) is 20.9 Å². The molecule has 4 nitrogen and oxygen atoms in total. The van der Waals surface area contributed by atoms with Crippen LogP contribution in [0.25, 0.3) is 19.7 Å². The number of hydrogen-bond donors (Lipinski definition) is 0. The highest BCUT2D eigenvalue weighted by atomic mass is 32.1. The van der Waals surface area contributed by atoms with Crippen molar-refractivity contribution in [1.29, 1.82) is 0 Å². The van der Waals surface area contributed by atoms with Crippen LogP contribution in [0.2, 0.25) is 0 Å². The third-order valence-electron chi connectivity index (χ3n) is 2.16. The van der Waals surface area contributed by atoms with Gasteiger partial charge in [-0.3, -0.25) is 0 Å². The summed E-state index contributed by atoms with van der Waals surface area (Å²) in [7, 11) is 3.98. The van der Waals surface area contributed by atoms with Crippen molar-refractivity contribution in [3.63, 3.8) is 0 Å². The van der Waals surface area contributed by atoms with Crippen molar-refractivity contribution in [1.82, 2.24) is 15.0 Å². The second-order valence-electron chi connectivity index (χ2n) is 3.36. The zero-order chi connectivity index (χ0) is 10.4. The molecule has 0 bridgehead atoms. The molecule has 0 N–H and O–H groups in total. The Kier molecular flexibility index (Phi) is 1.86. The number of hydrogen-bond acceptors (Lipinski definition) is 6. The molecule has 0 aliphatic heterocycles. The van der Waals surface area contributed by atoms with E-state index < -0.39 is 0 Å². The van der Waals surface area contributed by atoms with Gasteiger partial charge >= 0.3 is 0 Å². The van der Waals surface area contributed by atoms with Gasteiger partial charge in [-0.05, 0) is 0 Å². The predicted molar refractivity (Wildman–Crippen MR) is 64.9 cm³/mol. The smallest absolute Gasteiger partial charge is 0.149 e. The molecule has 3 heterocycles. The number of nitrogens with zero attached hydrogens (tertiary/aromatic N) is 4. The molecular formula is C9H8N4S2. The predicted octanol–water partition coefficient (Wildman–Crippen LogP) is 2.37. The minimum absolute atomic E-state index is 0.968. The third kappa shape index (κ3) is 1.22. The molecule has 76 valence electrons. The van der Waals surface area contributed by atoms with E-state index in [0.29, 0.717) is 0 Å². The van der Waals surface area contributed by atoms with Crippen LogP contribution < -0.4 is 4.90 Å². The molecule has 0 radical (unpaired) electrons. The van der Waals surface area contributed by atoms with Gasteiger partial charge in [0.15, 0.2) is 0 Å². The van der Waals surface area contributed by atoms with Crippen LogP contribution in [0, 0.1) is 0 Å². The Morgan fingerprint density at radius 2 is 2.00 bits per heavy atom. The first-order valence-corrected chi connectivity index (χ1v) is 6.11. The third-order valence-corrected chi connectivity index (χ3v) is 4.20. The summed E-state index contributed by atoms with van der Waals surface area (Å²) in [5.41, 5.74) is 2.88. The number of aromatic nitrogens is 3. The van der Waals surface area contributed by atoms with Crippen molar-refractivity contribution in [2.24, 2.45) is 0 Å². The SMILES string of the molecule is CN(C)c1ncnc2c1sc1ncsc12. The van der Waals surface area contributed by atoms with Crippen LogP contribution in [0.5, 0.6) is 0 Å². The molecule has 15 heavy (non-hydrogen) atoms. The standard InChI is InChI=1S/C9H8N4S2/c1-13(2)8-6-5(10-3-11-8)7-9(15-6)12-4-14-7/h3-4H,1-2H3. The largest absolute Gasteiger partial charge is 0.361 e. The average molecular weight is 236 g/mol. The molecule has 0 aromatic carbocycles. The first kappa shape index (κ1) is 8.99. The molecule has 0 aliphatic rings. The molecule has 0 saturated carbocycles. The van der Waals surface area contributed by atoms with Crippen molar-refractivity contribution in [2.45, 2.75) is 0 Å². The van der Waals surface area contributed by atoms with E-state index in [1.165, 1.54) is 4.70 Å². The van der Waals surface area contributed by atoms with E-state index >= 15 is 0 Å². The first-order chi connectivity index (χ1) is 7.27. The van der Waals surface area contributed by atoms with Gasteiger partial charge in [0.05, 0.1) is 14.9 Å². The summed E-state index contributed by atoms with van der Waals surface area (Å²) in [6, 6.07) is 0. The molecule has 3 aromatic heterocycles. The lowest BCUT2D eigenvalue weighted by atomic mass is 10.4. The second-order valence-corrected chi connectivity index (χ2v) is 5.21. The van der Waals surface area contributed by atoms with Crippen LogP contribution in [0.1, 0.15) is 0 Å². The highest BCUT2D eigenvalue weighted by molar-refractivity contribution is 7.31. The fourth-order valence-corrected chi connectivity index (χ4v) is 3.65. The molecule has 3 aromatic rings. The van der Waals surface area contributed by atoms with Gasteiger partial charge in [-0.15, -0.1) is 22.7 Å². The number of rotatable bonds is 1. The van der Waals surface area contributed by atoms with Crippen LogP contribution >= 0.6 is 22.7 Å². The monoisotopic (exact) mass is 236 g/mol. The summed E-state index contributed by atoms with van der Waals surface area (Å²) in [4.78, 5) is 16.0. The Hall–Kier alpha value is -1.27. The van der Waals surface area contributed by atoms with Gasteiger partial charge in [-0.1, -0.05) is 0 Å². The summed E-state index contributed by atoms with van der Waals surface area (Å²) in [6.07, 6.45) is 1.61. The number of anilines is 1. The molecule has 0 atom stereocenters. The summed E-state index contributed by atoms with van der Waals surface area (Å²) in [5.74, 6) is 0.968. The van der Waals surface area contributed by atoms with Crippen molar-refractivity contribution >= 4 is 48.2 Å². The van der Waals surface area contributed by atoms with Crippen LogP contribution in [0.3, 0.4) is 0 Å². The van der Waals surface area contributed by atoms with Crippen molar-refractivity contribution in [3.8, 4) is 0 Å². The van der Waals surface area contributed by atoms with E-state index in [-0.39, 0.29) is 0 Å². The molecule has 0 unspecified atom stereocenters. The highest BCUT2D eigenvalue weighted by Gasteiger charge is 2.13. The zero-order valence-electron chi connectivity index (χ0n) is 8.26. The number of thiazole rings is 1. The van der Waals surface area contributed by atoms with Gasteiger partial charge in [-0.25, -0.2) is 15.0 Å². The molecular weight excluding hydrogens is 228 g/mol. The Bertz CT molecular complexity index is 625.